The van der Waals surface area contributed by atoms with Crippen molar-refractivity contribution in [1.29, 1.82) is 0 Å². The number of aliphatic carboxylic acids is 1. The summed E-state index contributed by atoms with van der Waals surface area (Å²) in [5.74, 6) is -1.28. The first-order chi connectivity index (χ1) is 8.62. The van der Waals surface area contributed by atoms with Gasteiger partial charge >= 0.3 is 5.97 Å². The van der Waals surface area contributed by atoms with E-state index >= 15 is 0 Å². The maximum absolute atomic E-state index is 11.2. The summed E-state index contributed by atoms with van der Waals surface area (Å²) in [5, 5.41) is 11.7. The molecule has 1 aromatic carbocycles. The summed E-state index contributed by atoms with van der Waals surface area (Å²) in [6.45, 7) is 0.328. The second-order valence-electron chi connectivity index (χ2n) is 4.41. The Kier molecular flexibility index (Phi) is 3.62. The summed E-state index contributed by atoms with van der Waals surface area (Å²) >= 11 is 0. The minimum atomic E-state index is -1.26. The van der Waals surface area contributed by atoms with Crippen molar-refractivity contribution in [2.24, 2.45) is 0 Å². The first kappa shape index (κ1) is 12.6. The fraction of sp³-hybridized carbons (Fsp3) is 0.385. The van der Waals surface area contributed by atoms with E-state index in [2.05, 4.69) is 5.32 Å². The quantitative estimate of drug-likeness (QED) is 0.814. The van der Waals surface area contributed by atoms with Crippen molar-refractivity contribution < 1.29 is 19.4 Å². The molecule has 18 heavy (non-hydrogen) atoms. The van der Waals surface area contributed by atoms with E-state index in [0.29, 0.717) is 6.61 Å². The molecule has 5 heteroatoms. The molecule has 1 amide bonds. The van der Waals surface area contributed by atoms with Crippen molar-refractivity contribution in [3.8, 4) is 0 Å². The van der Waals surface area contributed by atoms with Crippen molar-refractivity contribution >= 4 is 11.9 Å². The molecule has 1 aliphatic rings. The van der Waals surface area contributed by atoms with Gasteiger partial charge in [0.1, 0.15) is 0 Å². The van der Waals surface area contributed by atoms with Gasteiger partial charge in [-0.05, 0) is 12.0 Å². The Morgan fingerprint density at radius 3 is 2.67 bits per heavy atom. The minimum absolute atomic E-state index is 0.0109. The van der Waals surface area contributed by atoms with Gasteiger partial charge in [-0.2, -0.15) is 0 Å². The zero-order chi connectivity index (χ0) is 13.0. The zero-order valence-electron chi connectivity index (χ0n) is 9.89. The van der Waals surface area contributed by atoms with E-state index in [1.807, 2.05) is 30.3 Å². The number of amides is 1. The maximum atomic E-state index is 11.2. The molecule has 1 saturated heterocycles. The summed E-state index contributed by atoms with van der Waals surface area (Å²) in [6.07, 6.45) is 0.511. The summed E-state index contributed by atoms with van der Waals surface area (Å²) < 4.78 is 5.42. The zero-order valence-corrected chi connectivity index (χ0v) is 9.89. The summed E-state index contributed by atoms with van der Waals surface area (Å²) in [5.41, 5.74) is -0.284. The third-order valence-corrected chi connectivity index (χ3v) is 3.03. The third-order valence-electron chi connectivity index (χ3n) is 3.03. The number of carbonyl (C=O) groups is 2. The molecule has 0 bridgehead atoms. The Balaban J connectivity index is 1.91. The van der Waals surface area contributed by atoms with E-state index < -0.39 is 11.5 Å². The van der Waals surface area contributed by atoms with E-state index in [9.17, 15) is 14.7 Å². The van der Waals surface area contributed by atoms with Gasteiger partial charge in [-0.1, -0.05) is 30.3 Å². The Bertz CT molecular complexity index is 446. The molecule has 1 heterocycles. The Morgan fingerprint density at radius 2 is 2.11 bits per heavy atom. The molecule has 1 fully saturated rings. The van der Waals surface area contributed by atoms with Gasteiger partial charge < -0.3 is 15.2 Å². The molecule has 1 aliphatic heterocycles. The number of carboxylic acids is 1. The van der Waals surface area contributed by atoms with Gasteiger partial charge in [0.25, 0.3) is 0 Å². The smallest absolute Gasteiger partial charge is 0.331 e. The molecular weight excluding hydrogens is 234 g/mol. The van der Waals surface area contributed by atoms with Gasteiger partial charge in [0.2, 0.25) is 5.91 Å². The second kappa shape index (κ2) is 5.18. The lowest BCUT2D eigenvalue weighted by Gasteiger charge is -2.23. The molecule has 5 nitrogen and oxygen atoms in total. The Morgan fingerprint density at radius 1 is 1.39 bits per heavy atom. The normalized spacial score (nSPS) is 22.8. The number of ether oxygens (including phenoxy) is 1. The van der Waals surface area contributed by atoms with E-state index in [1.54, 1.807) is 0 Å². The van der Waals surface area contributed by atoms with Gasteiger partial charge in [-0.3, -0.25) is 4.79 Å². The molecule has 0 saturated carbocycles. The maximum Gasteiger partial charge on any atom is 0.331 e. The number of rotatable bonds is 5. The van der Waals surface area contributed by atoms with E-state index in [0.717, 1.165) is 5.56 Å². The number of hydrogen-bond acceptors (Lipinski definition) is 3. The van der Waals surface area contributed by atoms with Gasteiger partial charge in [0.15, 0.2) is 5.54 Å². The van der Waals surface area contributed by atoms with Crippen molar-refractivity contribution in [1.82, 2.24) is 5.32 Å². The fourth-order valence-corrected chi connectivity index (χ4v) is 1.97. The molecule has 2 rings (SSSR count). The summed E-state index contributed by atoms with van der Waals surface area (Å²) in [6, 6.07) is 9.49. The average Bonchev–Trinajstić information content (AvgIpc) is 2.74. The highest BCUT2D eigenvalue weighted by atomic mass is 16.5. The van der Waals surface area contributed by atoms with Gasteiger partial charge in [-0.25, -0.2) is 4.79 Å². The highest BCUT2D eigenvalue weighted by molar-refractivity contribution is 5.90. The van der Waals surface area contributed by atoms with Crippen LogP contribution in [0, 0.1) is 0 Å². The summed E-state index contributed by atoms with van der Waals surface area (Å²) in [4.78, 5) is 22.4. The number of benzene rings is 1. The lowest BCUT2D eigenvalue weighted by molar-refractivity contribution is -0.148. The first-order valence-electron chi connectivity index (χ1n) is 5.78. The van der Waals surface area contributed by atoms with Crippen LogP contribution in [-0.4, -0.2) is 29.1 Å². The average molecular weight is 249 g/mol. The van der Waals surface area contributed by atoms with Crippen molar-refractivity contribution in [2.45, 2.75) is 25.0 Å². The molecule has 0 radical (unpaired) electrons. The van der Waals surface area contributed by atoms with E-state index in [4.69, 9.17) is 4.74 Å². The van der Waals surface area contributed by atoms with Crippen LogP contribution in [0.25, 0.3) is 0 Å². The SMILES string of the molecule is O=C1CCC(COCc2ccccc2)(C(=O)O)N1. The van der Waals surface area contributed by atoms with Crippen LogP contribution < -0.4 is 5.32 Å². The van der Waals surface area contributed by atoms with Crippen LogP contribution in [0.5, 0.6) is 0 Å². The van der Waals surface area contributed by atoms with Gasteiger partial charge in [0, 0.05) is 6.42 Å². The van der Waals surface area contributed by atoms with E-state index in [-0.39, 0.29) is 25.4 Å². The highest BCUT2D eigenvalue weighted by Crippen LogP contribution is 2.21. The number of carboxylic acid groups (broad SMARTS) is 1. The van der Waals surface area contributed by atoms with Crippen molar-refractivity contribution in [3.05, 3.63) is 35.9 Å². The van der Waals surface area contributed by atoms with Crippen LogP contribution in [0.4, 0.5) is 0 Å². The molecule has 1 unspecified atom stereocenters. The lowest BCUT2D eigenvalue weighted by atomic mass is 9.99. The number of carbonyl (C=O) groups excluding carboxylic acids is 1. The lowest BCUT2D eigenvalue weighted by Crippen LogP contribution is -2.52. The molecule has 2 N–H and O–H groups in total. The molecular formula is C13H15NO4. The number of hydrogen-bond donors (Lipinski definition) is 2. The topological polar surface area (TPSA) is 75.6 Å². The van der Waals surface area contributed by atoms with Crippen LogP contribution >= 0.6 is 0 Å². The molecule has 96 valence electrons. The van der Waals surface area contributed by atoms with Crippen LogP contribution in [0.2, 0.25) is 0 Å². The Labute approximate surface area is 105 Å². The predicted molar refractivity (Wildman–Crippen MR) is 63.8 cm³/mol. The van der Waals surface area contributed by atoms with Crippen LogP contribution in [0.15, 0.2) is 30.3 Å². The minimum Gasteiger partial charge on any atom is -0.479 e. The fourth-order valence-electron chi connectivity index (χ4n) is 1.97. The molecule has 1 aromatic rings. The van der Waals surface area contributed by atoms with Crippen LogP contribution in [-0.2, 0) is 20.9 Å². The standard InChI is InChI=1S/C13H15NO4/c15-11-6-7-13(14-11,12(16)17)9-18-8-10-4-2-1-3-5-10/h1-5H,6-9H2,(H,14,15)(H,16,17). The molecule has 0 spiro atoms. The van der Waals surface area contributed by atoms with Crippen molar-refractivity contribution in [2.75, 3.05) is 6.61 Å². The molecule has 0 aliphatic carbocycles. The molecule has 1 atom stereocenters. The Hall–Kier alpha value is -1.88. The monoisotopic (exact) mass is 249 g/mol. The van der Waals surface area contributed by atoms with Crippen LogP contribution in [0.1, 0.15) is 18.4 Å². The highest BCUT2D eigenvalue weighted by Gasteiger charge is 2.45. The first-order valence-corrected chi connectivity index (χ1v) is 5.78. The summed E-state index contributed by atoms with van der Waals surface area (Å²) in [7, 11) is 0. The third kappa shape index (κ3) is 2.68. The number of nitrogens with one attached hydrogen (secondary N) is 1. The van der Waals surface area contributed by atoms with Crippen molar-refractivity contribution in [3.63, 3.8) is 0 Å². The second-order valence-corrected chi connectivity index (χ2v) is 4.41. The van der Waals surface area contributed by atoms with E-state index in [1.165, 1.54) is 0 Å². The predicted octanol–water partition coefficient (Wildman–Crippen LogP) is 0.937. The molecule has 0 aromatic heterocycles. The largest absolute Gasteiger partial charge is 0.479 e. The van der Waals surface area contributed by atoms with Gasteiger partial charge in [-0.15, -0.1) is 0 Å². The van der Waals surface area contributed by atoms with Gasteiger partial charge in [0.05, 0.1) is 13.2 Å². The van der Waals surface area contributed by atoms with Crippen LogP contribution in [0.3, 0.4) is 0 Å².